The predicted octanol–water partition coefficient (Wildman–Crippen LogP) is 3.42. The van der Waals surface area contributed by atoms with E-state index in [1.807, 2.05) is 0 Å². The summed E-state index contributed by atoms with van der Waals surface area (Å²) in [7, 11) is 0. The van der Waals surface area contributed by atoms with Crippen molar-refractivity contribution in [3.63, 3.8) is 0 Å². The van der Waals surface area contributed by atoms with E-state index in [9.17, 15) is 27.9 Å². The van der Waals surface area contributed by atoms with Crippen LogP contribution in [0, 0.1) is 18.3 Å². The van der Waals surface area contributed by atoms with Crippen molar-refractivity contribution in [2.75, 3.05) is 6.54 Å². The lowest BCUT2D eigenvalue weighted by atomic mass is 9.41. The number of aryl methyl sites for hydroxylation is 1. The number of piperidine rings is 1. The lowest BCUT2D eigenvalue weighted by Crippen LogP contribution is -2.71. The number of amides is 2. The van der Waals surface area contributed by atoms with Gasteiger partial charge in [0.2, 0.25) is 11.8 Å². The number of imidazole rings is 1. The van der Waals surface area contributed by atoms with E-state index in [0.29, 0.717) is 24.4 Å². The molecular weight excluding hydrogens is 569 g/mol. The number of alkyl halides is 3. The first-order valence-corrected chi connectivity index (χ1v) is 14.7. The van der Waals surface area contributed by atoms with Crippen molar-refractivity contribution in [1.29, 1.82) is 0 Å². The molecule has 3 atom stereocenters. The number of aromatic nitrogens is 6. The monoisotopic (exact) mass is 602 g/mol. The van der Waals surface area contributed by atoms with Gasteiger partial charge in [0.25, 0.3) is 11.7 Å². The second-order valence-corrected chi connectivity index (χ2v) is 13.4. The summed E-state index contributed by atoms with van der Waals surface area (Å²) in [5, 5.41) is 25.6. The van der Waals surface area contributed by atoms with Gasteiger partial charge in [-0.25, -0.2) is 32.3 Å². The first-order chi connectivity index (χ1) is 20.3. The van der Waals surface area contributed by atoms with Crippen LogP contribution in [0.4, 0.5) is 13.2 Å². The van der Waals surface area contributed by atoms with Gasteiger partial charge in [-0.15, -0.1) is 0 Å². The average Bonchev–Trinajstić information content (AvgIpc) is 3.54. The Hall–Kier alpha value is -3.62. The van der Waals surface area contributed by atoms with Gasteiger partial charge >= 0.3 is 0 Å². The molecular formula is C28H33F3N8O4. The Bertz CT molecular complexity index is 1580. The number of halogens is 3. The minimum Gasteiger partial charge on any atom is -0.390 e. The van der Waals surface area contributed by atoms with E-state index in [1.165, 1.54) is 10.7 Å². The summed E-state index contributed by atoms with van der Waals surface area (Å²) in [4.78, 5) is 37.7. The van der Waals surface area contributed by atoms with E-state index in [4.69, 9.17) is 4.98 Å². The first-order valence-electron chi connectivity index (χ1n) is 14.7. The van der Waals surface area contributed by atoms with Crippen LogP contribution in [0.5, 0.6) is 0 Å². The molecule has 0 aromatic carbocycles. The Morgan fingerprint density at radius 2 is 1.84 bits per heavy atom. The number of nitrogens with zero attached hydrogens (tertiary/aromatic N) is 7. The first kappa shape index (κ1) is 28.2. The molecule has 4 heterocycles. The summed E-state index contributed by atoms with van der Waals surface area (Å²) >= 11 is 0. The highest BCUT2D eigenvalue weighted by Gasteiger charge is 2.73. The van der Waals surface area contributed by atoms with Crippen LogP contribution < -0.4 is 5.32 Å². The number of fused-ring (bicyclic) bond motifs is 1. The Balaban J connectivity index is 1.19. The number of rotatable bonds is 6. The molecule has 12 nitrogen and oxygen atoms in total. The van der Waals surface area contributed by atoms with Crippen LogP contribution >= 0.6 is 0 Å². The highest BCUT2D eigenvalue weighted by Crippen LogP contribution is 2.70. The third kappa shape index (κ3) is 4.85. The van der Waals surface area contributed by atoms with Crippen molar-refractivity contribution >= 4 is 17.6 Å². The summed E-state index contributed by atoms with van der Waals surface area (Å²) in [5.74, 6) is -3.59. The minimum atomic E-state index is -2.76. The normalized spacial score (nSPS) is 32.6. The zero-order chi connectivity index (χ0) is 30.4. The molecule has 8 rings (SSSR count). The van der Waals surface area contributed by atoms with E-state index in [-0.39, 0.29) is 80.4 Å². The number of hydrogen-bond acceptors (Lipinski definition) is 9. The van der Waals surface area contributed by atoms with E-state index >= 15 is 0 Å². The summed E-state index contributed by atoms with van der Waals surface area (Å²) in [6.07, 6.45) is 4.16. The maximum atomic E-state index is 14.3. The zero-order valence-corrected chi connectivity index (χ0v) is 23.9. The van der Waals surface area contributed by atoms with Crippen molar-refractivity contribution < 1.29 is 32.5 Å². The van der Waals surface area contributed by atoms with Crippen LogP contribution in [0.15, 0.2) is 17.0 Å². The van der Waals surface area contributed by atoms with Crippen molar-refractivity contribution in [3.05, 3.63) is 35.2 Å². The molecule has 2 bridgehead atoms. The number of carbonyl (C=O) groups is 2. The number of nitrogens with one attached hydrogen (secondary N) is 1. The van der Waals surface area contributed by atoms with Gasteiger partial charge in [0.05, 0.1) is 46.9 Å². The van der Waals surface area contributed by atoms with E-state index < -0.39 is 40.6 Å². The molecule has 4 saturated carbocycles. The van der Waals surface area contributed by atoms with Gasteiger partial charge in [-0.05, 0) is 63.4 Å². The van der Waals surface area contributed by atoms with Crippen LogP contribution in [-0.4, -0.2) is 75.5 Å². The van der Waals surface area contributed by atoms with Gasteiger partial charge < -0.3 is 15.3 Å². The Labute approximate surface area is 244 Å². The number of aliphatic hydroxyl groups is 1. The van der Waals surface area contributed by atoms with Crippen molar-refractivity contribution in [1.82, 2.24) is 40.1 Å². The van der Waals surface area contributed by atoms with Crippen LogP contribution in [0.25, 0.3) is 5.78 Å². The van der Waals surface area contributed by atoms with Crippen LogP contribution in [0.1, 0.15) is 104 Å². The van der Waals surface area contributed by atoms with Gasteiger partial charge in [-0.1, -0.05) is 5.16 Å². The second-order valence-electron chi connectivity index (χ2n) is 13.4. The molecule has 5 aliphatic rings. The molecule has 5 fully saturated rings. The quantitative estimate of drug-likeness (QED) is 0.432. The topological polar surface area (TPSA) is 152 Å². The molecule has 2 amide bonds. The maximum absolute atomic E-state index is 14.3. The fourth-order valence-corrected chi connectivity index (χ4v) is 7.44. The zero-order valence-electron chi connectivity index (χ0n) is 23.9. The van der Waals surface area contributed by atoms with Gasteiger partial charge in [-0.2, -0.15) is 5.10 Å². The standard InChI is InChI=1S/C28H33F3N8O4/c1-15-20(37-43-36-15)22(40)35-21(16-3-5-28(30,31)6-4-16)18-11-39-24(34-18)33-17(10-32-39)19-9-25(2,42)7-8-38(19)23(41)26-12-27(29,13-26)14-26/h10-11,16,19,21,42H,3-9,12-14H2,1-2H3,(H,35,40)/t19-,21+,25+,26?,27?/m1/s1. The Morgan fingerprint density at radius 1 is 1.12 bits per heavy atom. The molecule has 1 aliphatic heterocycles. The largest absolute Gasteiger partial charge is 0.390 e. The molecule has 0 unspecified atom stereocenters. The van der Waals surface area contributed by atoms with E-state index in [1.54, 1.807) is 24.9 Å². The SMILES string of the molecule is Cc1nonc1C(=O)N[C@H](c1cn2ncc([C@H]3C[C@@](C)(O)CCN3C(=O)C34CC(F)(C3)C4)nc2n1)C1CCC(F)(F)CC1. The molecule has 15 heteroatoms. The van der Waals surface area contributed by atoms with Crippen LogP contribution in [0.3, 0.4) is 0 Å². The summed E-state index contributed by atoms with van der Waals surface area (Å²) in [6, 6.07) is -1.32. The molecule has 43 heavy (non-hydrogen) atoms. The molecule has 2 N–H and O–H groups in total. The smallest absolute Gasteiger partial charge is 0.276 e. The third-order valence-electron chi connectivity index (χ3n) is 9.86. The van der Waals surface area contributed by atoms with Gasteiger partial charge in [-0.3, -0.25) is 9.59 Å². The molecule has 0 radical (unpaired) electrons. The summed E-state index contributed by atoms with van der Waals surface area (Å²) < 4.78 is 48.4. The molecule has 0 spiro atoms. The molecule has 3 aromatic rings. The molecule has 3 aromatic heterocycles. The third-order valence-corrected chi connectivity index (χ3v) is 9.86. The average molecular weight is 603 g/mol. The Kier molecular flexibility index (Phi) is 6.18. The summed E-state index contributed by atoms with van der Waals surface area (Å²) in [5.41, 5.74) is -1.83. The predicted molar refractivity (Wildman–Crippen MR) is 141 cm³/mol. The van der Waals surface area contributed by atoms with Crippen LogP contribution in [-0.2, 0) is 4.79 Å². The van der Waals surface area contributed by atoms with Crippen LogP contribution in [0.2, 0.25) is 0 Å². The highest BCUT2D eigenvalue weighted by molar-refractivity contribution is 5.93. The molecule has 4 aliphatic carbocycles. The number of likely N-dealkylation sites (tertiary alicyclic amines) is 1. The van der Waals surface area contributed by atoms with Gasteiger partial charge in [0, 0.05) is 25.8 Å². The molecule has 1 saturated heterocycles. The minimum absolute atomic E-state index is 0.00931. The van der Waals surface area contributed by atoms with Gasteiger partial charge in [0.15, 0.2) is 5.69 Å². The fourth-order valence-electron chi connectivity index (χ4n) is 7.44. The van der Waals surface area contributed by atoms with E-state index in [0.717, 1.165) is 0 Å². The number of carbonyl (C=O) groups excluding carboxylic acids is 2. The highest BCUT2D eigenvalue weighted by atomic mass is 19.3. The van der Waals surface area contributed by atoms with Crippen molar-refractivity contribution in [2.45, 2.75) is 101 Å². The fraction of sp³-hybridized carbons (Fsp3) is 0.679. The van der Waals surface area contributed by atoms with Crippen molar-refractivity contribution in [3.8, 4) is 0 Å². The Morgan fingerprint density at radius 3 is 2.49 bits per heavy atom. The number of hydrogen-bond donors (Lipinski definition) is 2. The van der Waals surface area contributed by atoms with E-state index in [2.05, 4.69) is 30.3 Å². The van der Waals surface area contributed by atoms with Gasteiger partial charge in [0.1, 0.15) is 11.4 Å². The maximum Gasteiger partial charge on any atom is 0.276 e. The lowest BCUT2D eigenvalue weighted by molar-refractivity contribution is -0.226. The molecule has 230 valence electrons. The van der Waals surface area contributed by atoms with Crippen molar-refractivity contribution in [2.24, 2.45) is 11.3 Å². The summed E-state index contributed by atoms with van der Waals surface area (Å²) in [6.45, 7) is 3.59. The second kappa shape index (κ2) is 9.44. The lowest BCUT2D eigenvalue weighted by Gasteiger charge is -2.65.